The molecule has 1 aromatic carbocycles. The van der Waals surface area contributed by atoms with Gasteiger partial charge in [0, 0.05) is 5.54 Å². The highest BCUT2D eigenvalue weighted by Gasteiger charge is 2.22. The molecule has 2 N–H and O–H groups in total. The number of carboxylic acid groups (broad SMARTS) is 1. The van der Waals surface area contributed by atoms with Gasteiger partial charge in [0.1, 0.15) is 11.3 Å². The number of carbonyl (C=O) groups is 2. The molecule has 110 valence electrons. The summed E-state index contributed by atoms with van der Waals surface area (Å²) >= 11 is 0. The monoisotopic (exact) mass is 279 g/mol. The quantitative estimate of drug-likeness (QED) is 0.887. The van der Waals surface area contributed by atoms with Crippen LogP contribution >= 0.6 is 0 Å². The summed E-state index contributed by atoms with van der Waals surface area (Å²) in [6.07, 6.45) is -0.768. The Morgan fingerprint density at radius 2 is 1.90 bits per heavy atom. The Hall–Kier alpha value is -2.04. The molecule has 0 radical (unpaired) electrons. The van der Waals surface area contributed by atoms with Gasteiger partial charge in [-0.05, 0) is 46.8 Å². The van der Waals surface area contributed by atoms with Crippen LogP contribution in [0.25, 0.3) is 0 Å². The van der Waals surface area contributed by atoms with Crippen LogP contribution in [0.15, 0.2) is 18.2 Å². The molecule has 0 aliphatic carbocycles. The Labute approximate surface area is 118 Å². The van der Waals surface area contributed by atoms with E-state index in [1.54, 1.807) is 26.0 Å². The maximum atomic E-state index is 11.9. The third-order valence-corrected chi connectivity index (χ3v) is 2.54. The van der Waals surface area contributed by atoms with Crippen molar-refractivity contribution < 1.29 is 19.4 Å². The topological polar surface area (TPSA) is 75.6 Å². The van der Waals surface area contributed by atoms with E-state index in [0.717, 1.165) is 5.56 Å². The zero-order valence-corrected chi connectivity index (χ0v) is 12.5. The van der Waals surface area contributed by atoms with Crippen LogP contribution in [0.5, 0.6) is 5.75 Å². The first-order chi connectivity index (χ1) is 9.10. The average Bonchev–Trinajstić information content (AvgIpc) is 2.28. The molecule has 1 rings (SSSR count). The fourth-order valence-electron chi connectivity index (χ4n) is 1.63. The zero-order valence-electron chi connectivity index (χ0n) is 12.5. The molecule has 0 bridgehead atoms. The lowest BCUT2D eigenvalue weighted by Gasteiger charge is -2.24. The summed E-state index contributed by atoms with van der Waals surface area (Å²) in [5.74, 6) is -1.17. The predicted molar refractivity (Wildman–Crippen MR) is 76.1 cm³/mol. The molecule has 0 saturated heterocycles. The van der Waals surface area contributed by atoms with Gasteiger partial charge in [-0.3, -0.25) is 4.79 Å². The van der Waals surface area contributed by atoms with E-state index in [1.165, 1.54) is 6.07 Å². The lowest BCUT2D eigenvalue weighted by Crippen LogP contribution is -2.46. The number of benzene rings is 1. The number of aryl methyl sites for hydroxylation is 1. The van der Waals surface area contributed by atoms with Gasteiger partial charge in [0.2, 0.25) is 0 Å². The smallest absolute Gasteiger partial charge is 0.339 e. The van der Waals surface area contributed by atoms with E-state index >= 15 is 0 Å². The third kappa shape index (κ3) is 4.57. The molecular weight excluding hydrogens is 258 g/mol. The SMILES string of the molecule is Cc1ccc(OC(C)C(=O)NC(C)(C)C)c(C(=O)O)c1. The highest BCUT2D eigenvalue weighted by molar-refractivity contribution is 5.91. The summed E-state index contributed by atoms with van der Waals surface area (Å²) < 4.78 is 5.48. The molecule has 0 fully saturated rings. The Morgan fingerprint density at radius 1 is 1.30 bits per heavy atom. The minimum Gasteiger partial charge on any atom is -0.480 e. The van der Waals surface area contributed by atoms with Crippen molar-refractivity contribution in [3.63, 3.8) is 0 Å². The van der Waals surface area contributed by atoms with E-state index in [-0.39, 0.29) is 22.8 Å². The Morgan fingerprint density at radius 3 is 2.40 bits per heavy atom. The molecular formula is C15H21NO4. The molecule has 1 aromatic rings. The van der Waals surface area contributed by atoms with E-state index in [2.05, 4.69) is 5.32 Å². The van der Waals surface area contributed by atoms with Gasteiger partial charge in [-0.15, -0.1) is 0 Å². The van der Waals surface area contributed by atoms with E-state index < -0.39 is 12.1 Å². The van der Waals surface area contributed by atoms with Crippen molar-refractivity contribution >= 4 is 11.9 Å². The number of rotatable bonds is 4. The van der Waals surface area contributed by atoms with Crippen LogP contribution in [-0.2, 0) is 4.79 Å². The third-order valence-electron chi connectivity index (χ3n) is 2.54. The maximum absolute atomic E-state index is 11.9. The summed E-state index contributed by atoms with van der Waals surface area (Å²) in [5.41, 5.74) is 0.513. The van der Waals surface area contributed by atoms with E-state index in [4.69, 9.17) is 9.84 Å². The Kier molecular flexibility index (Phi) is 4.76. The van der Waals surface area contributed by atoms with Crippen molar-refractivity contribution in [3.05, 3.63) is 29.3 Å². The molecule has 5 nitrogen and oxygen atoms in total. The number of carboxylic acids is 1. The lowest BCUT2D eigenvalue weighted by atomic mass is 10.1. The number of amides is 1. The van der Waals surface area contributed by atoms with Crippen molar-refractivity contribution in [2.45, 2.75) is 46.3 Å². The molecule has 0 aliphatic heterocycles. The second-order valence-corrected chi connectivity index (χ2v) is 5.80. The minimum absolute atomic E-state index is 0.0559. The van der Waals surface area contributed by atoms with Crippen molar-refractivity contribution in [1.29, 1.82) is 0 Å². The predicted octanol–water partition coefficient (Wildman–Crippen LogP) is 2.38. The van der Waals surface area contributed by atoms with Gasteiger partial charge < -0.3 is 15.2 Å². The lowest BCUT2D eigenvalue weighted by molar-refractivity contribution is -0.128. The zero-order chi connectivity index (χ0) is 15.5. The Bertz CT molecular complexity index is 517. The second kappa shape index (κ2) is 5.94. The van der Waals surface area contributed by atoms with Crippen LogP contribution < -0.4 is 10.1 Å². The van der Waals surface area contributed by atoms with Crippen molar-refractivity contribution in [2.75, 3.05) is 0 Å². The van der Waals surface area contributed by atoms with Crippen LogP contribution in [0.4, 0.5) is 0 Å². The van der Waals surface area contributed by atoms with Crippen molar-refractivity contribution in [1.82, 2.24) is 5.32 Å². The van der Waals surface area contributed by atoms with Gasteiger partial charge in [0.05, 0.1) is 0 Å². The van der Waals surface area contributed by atoms with Gasteiger partial charge in [-0.25, -0.2) is 4.79 Å². The first kappa shape index (κ1) is 16.0. The highest BCUT2D eigenvalue weighted by atomic mass is 16.5. The van der Waals surface area contributed by atoms with E-state index in [9.17, 15) is 9.59 Å². The molecule has 20 heavy (non-hydrogen) atoms. The molecule has 0 aliphatic rings. The fraction of sp³-hybridized carbons (Fsp3) is 0.467. The summed E-state index contributed by atoms with van der Waals surface area (Å²) in [4.78, 5) is 23.1. The number of carbonyl (C=O) groups excluding carboxylic acids is 1. The molecule has 1 unspecified atom stereocenters. The van der Waals surface area contributed by atoms with Crippen molar-refractivity contribution in [3.8, 4) is 5.75 Å². The molecule has 0 heterocycles. The molecule has 1 atom stereocenters. The summed E-state index contributed by atoms with van der Waals surface area (Å²) in [6, 6.07) is 4.84. The van der Waals surface area contributed by atoms with E-state index in [1.807, 2.05) is 20.8 Å². The molecule has 0 saturated carbocycles. The van der Waals surface area contributed by atoms with Gasteiger partial charge in [0.15, 0.2) is 6.10 Å². The molecule has 5 heteroatoms. The molecule has 1 amide bonds. The first-order valence-electron chi connectivity index (χ1n) is 6.43. The van der Waals surface area contributed by atoms with Gasteiger partial charge in [-0.2, -0.15) is 0 Å². The number of hydrogen-bond donors (Lipinski definition) is 2. The maximum Gasteiger partial charge on any atom is 0.339 e. The number of aromatic carboxylic acids is 1. The number of nitrogens with one attached hydrogen (secondary N) is 1. The van der Waals surface area contributed by atoms with Gasteiger partial charge in [-0.1, -0.05) is 11.6 Å². The van der Waals surface area contributed by atoms with Gasteiger partial charge >= 0.3 is 5.97 Å². The standard InChI is InChI=1S/C15H21NO4/c1-9-6-7-12(11(8-9)14(18)19)20-10(2)13(17)16-15(3,4)5/h6-8,10H,1-5H3,(H,16,17)(H,18,19). The number of hydrogen-bond acceptors (Lipinski definition) is 3. The van der Waals surface area contributed by atoms with Crippen LogP contribution in [-0.4, -0.2) is 28.6 Å². The normalized spacial score (nSPS) is 12.7. The van der Waals surface area contributed by atoms with Crippen LogP contribution in [0.2, 0.25) is 0 Å². The molecule has 0 aromatic heterocycles. The molecule has 0 spiro atoms. The van der Waals surface area contributed by atoms with Crippen molar-refractivity contribution in [2.24, 2.45) is 0 Å². The number of ether oxygens (including phenoxy) is 1. The van der Waals surface area contributed by atoms with Crippen LogP contribution in [0, 0.1) is 6.92 Å². The largest absolute Gasteiger partial charge is 0.480 e. The fourth-order valence-corrected chi connectivity index (χ4v) is 1.63. The Balaban J connectivity index is 2.88. The van der Waals surface area contributed by atoms with Crippen LogP contribution in [0.3, 0.4) is 0 Å². The van der Waals surface area contributed by atoms with Crippen LogP contribution in [0.1, 0.15) is 43.6 Å². The minimum atomic E-state index is -1.08. The summed E-state index contributed by atoms with van der Waals surface area (Å²) in [6.45, 7) is 8.99. The summed E-state index contributed by atoms with van der Waals surface area (Å²) in [5, 5.41) is 11.9. The van der Waals surface area contributed by atoms with Gasteiger partial charge in [0.25, 0.3) is 5.91 Å². The summed E-state index contributed by atoms with van der Waals surface area (Å²) in [7, 11) is 0. The first-order valence-corrected chi connectivity index (χ1v) is 6.43. The second-order valence-electron chi connectivity index (χ2n) is 5.80. The van der Waals surface area contributed by atoms with E-state index in [0.29, 0.717) is 0 Å². The average molecular weight is 279 g/mol. The highest BCUT2D eigenvalue weighted by Crippen LogP contribution is 2.21.